The molecule has 1 aromatic rings. The van der Waals surface area contributed by atoms with Crippen LogP contribution >= 0.6 is 0 Å². The van der Waals surface area contributed by atoms with Gasteiger partial charge in [0.2, 0.25) is 0 Å². The number of amides is 2. The largest absolute Gasteiger partial charge is 0.452 e. The van der Waals surface area contributed by atoms with E-state index in [-0.39, 0.29) is 18.3 Å². The Labute approximate surface area is 147 Å². The van der Waals surface area contributed by atoms with E-state index in [1.807, 2.05) is 24.3 Å². The van der Waals surface area contributed by atoms with E-state index < -0.39 is 17.8 Å². The highest BCUT2D eigenvalue weighted by atomic mass is 16.6. The summed E-state index contributed by atoms with van der Waals surface area (Å²) in [5, 5.41) is 5.45. The van der Waals surface area contributed by atoms with Crippen molar-refractivity contribution in [1.82, 2.24) is 10.6 Å². The van der Waals surface area contributed by atoms with Crippen molar-refractivity contribution in [2.24, 2.45) is 0 Å². The number of rotatable bonds is 5. The predicted molar refractivity (Wildman–Crippen MR) is 90.5 cm³/mol. The van der Waals surface area contributed by atoms with Crippen LogP contribution in [0.25, 0.3) is 0 Å². The molecule has 2 N–H and O–H groups in total. The van der Waals surface area contributed by atoms with Gasteiger partial charge in [-0.1, -0.05) is 24.3 Å². The Morgan fingerprint density at radius 2 is 1.84 bits per heavy atom. The Kier molecular flexibility index (Phi) is 6.01. The van der Waals surface area contributed by atoms with Crippen LogP contribution in [0.15, 0.2) is 24.3 Å². The molecule has 1 aromatic carbocycles. The summed E-state index contributed by atoms with van der Waals surface area (Å²) in [5.74, 6) is -0.626. The van der Waals surface area contributed by atoms with Crippen molar-refractivity contribution in [2.45, 2.75) is 58.4 Å². The lowest BCUT2D eigenvalue weighted by Gasteiger charge is -2.19. The highest BCUT2D eigenvalue weighted by Gasteiger charge is 2.29. The SMILES string of the molecule is CC(C)(C)OC(=O)NCc1cccc(CNC(=O)[C@@H]2CCC(=O)O2)c1. The first-order chi connectivity index (χ1) is 11.7. The smallest absolute Gasteiger partial charge is 0.407 e. The molecule has 1 saturated heterocycles. The van der Waals surface area contributed by atoms with Crippen molar-refractivity contribution in [2.75, 3.05) is 0 Å². The lowest BCUT2D eigenvalue weighted by atomic mass is 10.1. The summed E-state index contributed by atoms with van der Waals surface area (Å²) in [5.41, 5.74) is 1.24. The maximum Gasteiger partial charge on any atom is 0.407 e. The number of carbonyl (C=O) groups is 3. The van der Waals surface area contributed by atoms with Crippen molar-refractivity contribution in [3.05, 3.63) is 35.4 Å². The summed E-state index contributed by atoms with van der Waals surface area (Å²) < 4.78 is 10.1. The van der Waals surface area contributed by atoms with Crippen LogP contribution in [0.5, 0.6) is 0 Å². The number of cyclic esters (lactones) is 1. The molecule has 7 nitrogen and oxygen atoms in total. The fraction of sp³-hybridized carbons (Fsp3) is 0.500. The molecule has 1 fully saturated rings. The number of alkyl carbamates (subject to hydrolysis) is 1. The lowest BCUT2D eigenvalue weighted by Crippen LogP contribution is -2.34. The maximum atomic E-state index is 11.9. The minimum absolute atomic E-state index is 0.282. The summed E-state index contributed by atoms with van der Waals surface area (Å²) in [4.78, 5) is 34.7. The third-order valence-electron chi connectivity index (χ3n) is 3.47. The van der Waals surface area contributed by atoms with E-state index in [4.69, 9.17) is 9.47 Å². The highest BCUT2D eigenvalue weighted by Crippen LogP contribution is 2.14. The Balaban J connectivity index is 1.81. The molecule has 7 heteroatoms. The molecule has 0 bridgehead atoms. The maximum absolute atomic E-state index is 11.9. The molecular formula is C18H24N2O5. The van der Waals surface area contributed by atoms with E-state index in [9.17, 15) is 14.4 Å². The van der Waals surface area contributed by atoms with Gasteiger partial charge in [-0.15, -0.1) is 0 Å². The second-order valence-corrected chi connectivity index (χ2v) is 6.91. The molecule has 1 aliphatic rings. The summed E-state index contributed by atoms with van der Waals surface area (Å²) in [6.07, 6.45) is -0.465. The number of esters is 1. The molecular weight excluding hydrogens is 324 g/mol. The van der Waals surface area contributed by atoms with Crippen molar-refractivity contribution in [1.29, 1.82) is 0 Å². The Hall–Kier alpha value is -2.57. The van der Waals surface area contributed by atoms with Crippen LogP contribution in [-0.2, 0) is 32.2 Å². The van der Waals surface area contributed by atoms with Gasteiger partial charge in [-0.3, -0.25) is 9.59 Å². The number of nitrogens with one attached hydrogen (secondary N) is 2. The molecule has 0 unspecified atom stereocenters. The van der Waals surface area contributed by atoms with Crippen LogP contribution in [0.4, 0.5) is 4.79 Å². The van der Waals surface area contributed by atoms with E-state index in [0.29, 0.717) is 19.5 Å². The molecule has 25 heavy (non-hydrogen) atoms. The topological polar surface area (TPSA) is 93.7 Å². The van der Waals surface area contributed by atoms with E-state index in [1.165, 1.54) is 0 Å². The Bertz CT molecular complexity index is 651. The lowest BCUT2D eigenvalue weighted by molar-refractivity contribution is -0.148. The first-order valence-electron chi connectivity index (χ1n) is 8.25. The van der Waals surface area contributed by atoms with E-state index in [2.05, 4.69) is 10.6 Å². The third kappa shape index (κ3) is 6.45. The second-order valence-electron chi connectivity index (χ2n) is 6.91. The summed E-state index contributed by atoms with van der Waals surface area (Å²) in [6.45, 7) is 6.07. The van der Waals surface area contributed by atoms with Crippen molar-refractivity contribution in [3.8, 4) is 0 Å². The fourth-order valence-electron chi connectivity index (χ4n) is 2.35. The van der Waals surface area contributed by atoms with Crippen LogP contribution < -0.4 is 10.6 Å². The van der Waals surface area contributed by atoms with Gasteiger partial charge in [0.25, 0.3) is 5.91 Å². The third-order valence-corrected chi connectivity index (χ3v) is 3.47. The molecule has 1 heterocycles. The molecule has 0 saturated carbocycles. The first-order valence-corrected chi connectivity index (χ1v) is 8.25. The van der Waals surface area contributed by atoms with Crippen LogP contribution in [0.3, 0.4) is 0 Å². The summed E-state index contributed by atoms with van der Waals surface area (Å²) in [6, 6.07) is 7.49. The average Bonchev–Trinajstić information content (AvgIpc) is 2.96. The molecule has 0 aromatic heterocycles. The normalized spacial score (nSPS) is 16.9. The Morgan fingerprint density at radius 1 is 1.20 bits per heavy atom. The quantitative estimate of drug-likeness (QED) is 0.794. The number of hydrogen-bond acceptors (Lipinski definition) is 5. The van der Waals surface area contributed by atoms with E-state index >= 15 is 0 Å². The molecule has 0 aliphatic carbocycles. The van der Waals surface area contributed by atoms with Crippen molar-refractivity contribution < 1.29 is 23.9 Å². The second kappa shape index (κ2) is 8.00. The molecule has 1 atom stereocenters. The summed E-state index contributed by atoms with van der Waals surface area (Å²) in [7, 11) is 0. The van der Waals surface area contributed by atoms with Crippen molar-refractivity contribution >= 4 is 18.0 Å². The molecule has 2 rings (SSSR count). The number of carbonyl (C=O) groups excluding carboxylic acids is 3. The first kappa shape index (κ1) is 18.8. The molecule has 136 valence electrons. The fourth-order valence-corrected chi connectivity index (χ4v) is 2.35. The van der Waals surface area contributed by atoms with Gasteiger partial charge in [0.1, 0.15) is 5.60 Å². The van der Waals surface area contributed by atoms with Gasteiger partial charge in [0, 0.05) is 25.9 Å². The average molecular weight is 348 g/mol. The van der Waals surface area contributed by atoms with Crippen LogP contribution in [0, 0.1) is 0 Å². The van der Waals surface area contributed by atoms with Crippen molar-refractivity contribution in [3.63, 3.8) is 0 Å². The standard InChI is InChI=1S/C18H24N2O5/c1-18(2,3)25-17(23)20-11-13-6-4-5-12(9-13)10-19-16(22)14-7-8-15(21)24-14/h4-6,9,14H,7-8,10-11H2,1-3H3,(H,19,22)(H,20,23)/t14-/m0/s1. The van der Waals surface area contributed by atoms with Gasteiger partial charge in [0.15, 0.2) is 6.10 Å². The van der Waals surface area contributed by atoms with Gasteiger partial charge in [-0.25, -0.2) is 4.79 Å². The van der Waals surface area contributed by atoms with Gasteiger partial charge in [-0.05, 0) is 31.9 Å². The van der Waals surface area contributed by atoms with E-state index in [1.54, 1.807) is 20.8 Å². The highest BCUT2D eigenvalue weighted by molar-refractivity contribution is 5.86. The number of ether oxygens (including phenoxy) is 2. The Morgan fingerprint density at radius 3 is 2.40 bits per heavy atom. The molecule has 0 spiro atoms. The van der Waals surface area contributed by atoms with Crippen LogP contribution in [0.1, 0.15) is 44.7 Å². The van der Waals surface area contributed by atoms with Gasteiger partial charge < -0.3 is 20.1 Å². The van der Waals surface area contributed by atoms with Gasteiger partial charge in [0.05, 0.1) is 0 Å². The molecule has 0 radical (unpaired) electrons. The van der Waals surface area contributed by atoms with Crippen LogP contribution in [0.2, 0.25) is 0 Å². The zero-order valence-electron chi connectivity index (χ0n) is 14.8. The van der Waals surface area contributed by atoms with Gasteiger partial charge >= 0.3 is 12.1 Å². The molecule has 2 amide bonds. The minimum Gasteiger partial charge on any atom is -0.452 e. The summed E-state index contributed by atoms with van der Waals surface area (Å²) >= 11 is 0. The van der Waals surface area contributed by atoms with Gasteiger partial charge in [-0.2, -0.15) is 0 Å². The molecule has 1 aliphatic heterocycles. The monoisotopic (exact) mass is 348 g/mol. The number of benzene rings is 1. The zero-order valence-corrected chi connectivity index (χ0v) is 14.8. The van der Waals surface area contributed by atoms with E-state index in [0.717, 1.165) is 11.1 Å². The minimum atomic E-state index is -0.690. The predicted octanol–water partition coefficient (Wildman–Crippen LogP) is 2.03. The zero-order chi connectivity index (χ0) is 18.4. The van der Waals surface area contributed by atoms with Crippen LogP contribution in [-0.4, -0.2) is 29.7 Å². The number of hydrogen-bond donors (Lipinski definition) is 2.